The van der Waals surface area contributed by atoms with Gasteiger partial charge in [-0.15, -0.1) is 0 Å². The summed E-state index contributed by atoms with van der Waals surface area (Å²) in [6.07, 6.45) is 0. The molecule has 0 aliphatic rings. The van der Waals surface area contributed by atoms with Gasteiger partial charge in [0.05, 0.1) is 0 Å². The summed E-state index contributed by atoms with van der Waals surface area (Å²) in [6.45, 7) is 0. The molecule has 4 aromatic rings. The highest BCUT2D eigenvalue weighted by molar-refractivity contribution is 6.52. The molecule has 4 rings (SSSR count). The Hall–Kier alpha value is -2.95. The standard InChI is InChI=1S/C18H15B3O4/c19-14-13(15(20)18(24)16(21)17(14)23)8-2-1-3-11-12(8)9-6-7(22)4-5-10(9)25-11/h1-6,22-24H,19-21H2. The van der Waals surface area contributed by atoms with E-state index in [2.05, 4.69) is 0 Å². The van der Waals surface area contributed by atoms with Gasteiger partial charge in [0.2, 0.25) is 0 Å². The molecular formula is C18H15B3O4. The van der Waals surface area contributed by atoms with Crippen molar-refractivity contribution in [2.24, 2.45) is 0 Å². The highest BCUT2D eigenvalue weighted by Crippen LogP contribution is 2.37. The van der Waals surface area contributed by atoms with Crippen LogP contribution in [-0.4, -0.2) is 38.9 Å². The molecule has 0 saturated carbocycles. The Balaban J connectivity index is 2.20. The van der Waals surface area contributed by atoms with Gasteiger partial charge in [-0.25, -0.2) is 0 Å². The minimum atomic E-state index is 0.0887. The highest BCUT2D eigenvalue weighted by Gasteiger charge is 2.20. The molecule has 0 spiro atoms. The zero-order valence-electron chi connectivity index (χ0n) is 14.2. The number of fused-ring (bicyclic) bond motifs is 3. The number of hydrogen-bond donors (Lipinski definition) is 3. The van der Waals surface area contributed by atoms with Crippen molar-refractivity contribution in [3.63, 3.8) is 0 Å². The molecule has 3 N–H and O–H groups in total. The third-order valence-corrected chi connectivity index (χ3v) is 4.92. The lowest BCUT2D eigenvalue weighted by Gasteiger charge is -2.18. The van der Waals surface area contributed by atoms with Gasteiger partial charge in [0.1, 0.15) is 52.0 Å². The summed E-state index contributed by atoms with van der Waals surface area (Å²) in [5, 5.41) is 32.3. The minimum absolute atomic E-state index is 0.0887. The summed E-state index contributed by atoms with van der Waals surface area (Å²) in [4.78, 5) is 0. The van der Waals surface area contributed by atoms with E-state index in [1.165, 1.54) is 0 Å². The van der Waals surface area contributed by atoms with E-state index in [0.717, 1.165) is 21.9 Å². The summed E-state index contributed by atoms with van der Waals surface area (Å²) in [6, 6.07) is 10.7. The van der Waals surface area contributed by atoms with Crippen LogP contribution in [0.5, 0.6) is 17.2 Å². The maximum atomic E-state index is 10.4. The first-order valence-electron chi connectivity index (χ1n) is 8.06. The molecular weight excluding hydrogens is 313 g/mol. The molecule has 4 nitrogen and oxygen atoms in total. The SMILES string of the molecule is Bc1c(O)c(B)c(-c2cccc3oc4ccc(O)cc4c23)c(B)c1O. The molecule has 1 heterocycles. The molecule has 1 aromatic heterocycles. The van der Waals surface area contributed by atoms with Crippen molar-refractivity contribution in [3.8, 4) is 28.4 Å². The van der Waals surface area contributed by atoms with Gasteiger partial charge in [-0.3, -0.25) is 0 Å². The zero-order valence-corrected chi connectivity index (χ0v) is 14.2. The van der Waals surface area contributed by atoms with Crippen molar-refractivity contribution in [1.82, 2.24) is 0 Å². The molecule has 120 valence electrons. The Bertz CT molecular complexity index is 1140. The van der Waals surface area contributed by atoms with E-state index < -0.39 is 0 Å². The topological polar surface area (TPSA) is 73.8 Å². The van der Waals surface area contributed by atoms with Crippen LogP contribution < -0.4 is 16.4 Å². The first kappa shape index (κ1) is 15.6. The van der Waals surface area contributed by atoms with Crippen molar-refractivity contribution >= 4 is 61.9 Å². The van der Waals surface area contributed by atoms with Crippen molar-refractivity contribution in [3.05, 3.63) is 36.4 Å². The highest BCUT2D eigenvalue weighted by atomic mass is 16.3. The molecule has 0 radical (unpaired) electrons. The molecule has 3 aromatic carbocycles. The fourth-order valence-corrected chi connectivity index (χ4v) is 3.62. The quantitative estimate of drug-likeness (QED) is 0.398. The van der Waals surface area contributed by atoms with E-state index in [1.807, 2.05) is 33.9 Å². The lowest BCUT2D eigenvalue weighted by atomic mass is 9.72. The second-order valence-electron chi connectivity index (χ2n) is 6.41. The smallest absolute Gasteiger partial charge is 0.149 e. The Morgan fingerprint density at radius 3 is 2.12 bits per heavy atom. The molecule has 7 heteroatoms. The van der Waals surface area contributed by atoms with Crippen LogP contribution in [0.4, 0.5) is 0 Å². The third-order valence-electron chi connectivity index (χ3n) is 4.92. The summed E-state index contributed by atoms with van der Waals surface area (Å²) < 4.78 is 5.90. The lowest BCUT2D eigenvalue weighted by Crippen LogP contribution is -2.28. The number of benzene rings is 3. The first-order chi connectivity index (χ1) is 11.9. The van der Waals surface area contributed by atoms with Gasteiger partial charge in [0.15, 0.2) is 0 Å². The third kappa shape index (κ3) is 2.12. The fraction of sp³-hybridized carbons (Fsp3) is 0. The Labute approximate surface area is 146 Å². The second kappa shape index (κ2) is 5.28. The number of phenols is 3. The number of furan rings is 1. The predicted octanol–water partition coefficient (Wildman–Crippen LogP) is -0.855. The number of aromatic hydroxyl groups is 3. The van der Waals surface area contributed by atoms with Crippen molar-refractivity contribution in [2.45, 2.75) is 0 Å². The summed E-state index contributed by atoms with van der Waals surface area (Å²) in [5.41, 5.74) is 4.87. The molecule has 25 heavy (non-hydrogen) atoms. The van der Waals surface area contributed by atoms with Crippen molar-refractivity contribution in [1.29, 1.82) is 0 Å². The summed E-state index contributed by atoms with van der Waals surface area (Å²) >= 11 is 0. The fourth-order valence-electron chi connectivity index (χ4n) is 3.62. The normalized spacial score (nSPS) is 11.4. The van der Waals surface area contributed by atoms with Crippen LogP contribution in [0.3, 0.4) is 0 Å². The van der Waals surface area contributed by atoms with Gasteiger partial charge in [0.25, 0.3) is 0 Å². The Morgan fingerprint density at radius 2 is 1.44 bits per heavy atom. The van der Waals surface area contributed by atoms with Crippen LogP contribution in [0.25, 0.3) is 33.1 Å². The molecule has 0 atom stereocenters. The molecule has 0 saturated heterocycles. The first-order valence-corrected chi connectivity index (χ1v) is 8.06. The van der Waals surface area contributed by atoms with Crippen LogP contribution in [-0.2, 0) is 0 Å². The Kier molecular flexibility index (Phi) is 3.29. The molecule has 0 bridgehead atoms. The average molecular weight is 328 g/mol. The maximum Gasteiger partial charge on any atom is 0.149 e. The largest absolute Gasteiger partial charge is 0.509 e. The van der Waals surface area contributed by atoms with E-state index >= 15 is 0 Å². The summed E-state index contributed by atoms with van der Waals surface area (Å²) in [5.74, 6) is 0.338. The average Bonchev–Trinajstić information content (AvgIpc) is 2.97. The molecule has 0 unspecified atom stereocenters. The monoisotopic (exact) mass is 328 g/mol. The van der Waals surface area contributed by atoms with Gasteiger partial charge in [-0.05, 0) is 51.8 Å². The number of rotatable bonds is 1. The van der Waals surface area contributed by atoms with Crippen LogP contribution in [0, 0.1) is 0 Å². The van der Waals surface area contributed by atoms with E-state index in [0.29, 0.717) is 27.6 Å². The number of phenolic OH excluding ortho intramolecular Hbond substituents is 3. The number of hydrogen-bond acceptors (Lipinski definition) is 4. The van der Waals surface area contributed by atoms with E-state index in [1.54, 1.807) is 26.0 Å². The summed E-state index contributed by atoms with van der Waals surface area (Å²) in [7, 11) is 5.37. The van der Waals surface area contributed by atoms with Crippen LogP contribution in [0.15, 0.2) is 40.8 Å². The maximum absolute atomic E-state index is 10.4. The van der Waals surface area contributed by atoms with E-state index in [-0.39, 0.29) is 17.2 Å². The van der Waals surface area contributed by atoms with E-state index in [9.17, 15) is 15.3 Å². The molecule has 0 fully saturated rings. The predicted molar refractivity (Wildman–Crippen MR) is 109 cm³/mol. The van der Waals surface area contributed by atoms with Crippen LogP contribution in [0.2, 0.25) is 0 Å². The van der Waals surface area contributed by atoms with Gasteiger partial charge in [-0.2, -0.15) is 0 Å². The van der Waals surface area contributed by atoms with Gasteiger partial charge < -0.3 is 19.7 Å². The minimum Gasteiger partial charge on any atom is -0.509 e. The molecule has 0 aliphatic carbocycles. The zero-order chi connectivity index (χ0) is 17.9. The van der Waals surface area contributed by atoms with Gasteiger partial charge >= 0.3 is 0 Å². The molecule has 0 amide bonds. The van der Waals surface area contributed by atoms with Crippen LogP contribution in [0.1, 0.15) is 0 Å². The van der Waals surface area contributed by atoms with Crippen molar-refractivity contribution in [2.75, 3.05) is 0 Å². The van der Waals surface area contributed by atoms with Crippen LogP contribution >= 0.6 is 0 Å². The van der Waals surface area contributed by atoms with Crippen molar-refractivity contribution < 1.29 is 19.7 Å². The Morgan fingerprint density at radius 1 is 0.760 bits per heavy atom. The lowest BCUT2D eigenvalue weighted by molar-refractivity contribution is 0.464. The van der Waals surface area contributed by atoms with Gasteiger partial charge in [0, 0.05) is 10.8 Å². The molecule has 0 aliphatic heterocycles. The second-order valence-corrected chi connectivity index (χ2v) is 6.41. The van der Waals surface area contributed by atoms with Gasteiger partial charge in [-0.1, -0.05) is 12.1 Å². The van der Waals surface area contributed by atoms with E-state index in [4.69, 9.17) is 4.42 Å².